The zero-order chi connectivity index (χ0) is 24.4. The van der Waals surface area contributed by atoms with Gasteiger partial charge >= 0.3 is 12.4 Å². The predicted molar refractivity (Wildman–Crippen MR) is 101 cm³/mol. The summed E-state index contributed by atoms with van der Waals surface area (Å²) in [5, 5.41) is 22.2. The molecule has 0 radical (unpaired) electrons. The molecule has 1 saturated heterocycles. The fourth-order valence-corrected chi connectivity index (χ4v) is 3.20. The molecule has 0 bridgehead atoms. The molecular formula is C19H15F6N3O5. The van der Waals surface area contributed by atoms with Gasteiger partial charge in [-0.3, -0.25) is 10.1 Å². The molecule has 1 fully saturated rings. The van der Waals surface area contributed by atoms with Crippen molar-refractivity contribution in [3.63, 3.8) is 0 Å². The van der Waals surface area contributed by atoms with Crippen LogP contribution in [0.5, 0.6) is 5.75 Å². The lowest BCUT2D eigenvalue weighted by Gasteiger charge is -2.27. The van der Waals surface area contributed by atoms with Crippen molar-refractivity contribution in [2.45, 2.75) is 24.7 Å². The molecule has 8 nitrogen and oxygen atoms in total. The topological polar surface area (TPSA) is 97.4 Å². The van der Waals surface area contributed by atoms with Crippen LogP contribution in [0.2, 0.25) is 0 Å². The number of hydrogen-bond donors (Lipinski definition) is 1. The lowest BCUT2D eigenvalue weighted by Crippen LogP contribution is -2.42. The molecule has 0 saturated carbocycles. The highest BCUT2D eigenvalue weighted by Gasteiger charge is 2.51. The Morgan fingerprint density at radius 1 is 1.18 bits per heavy atom. The smallest absolute Gasteiger partial charge is 0.433 e. The van der Waals surface area contributed by atoms with Crippen LogP contribution < -0.4 is 9.64 Å². The van der Waals surface area contributed by atoms with Gasteiger partial charge in [0.25, 0.3) is 5.69 Å². The van der Waals surface area contributed by atoms with Crippen molar-refractivity contribution in [3.05, 3.63) is 63.7 Å². The van der Waals surface area contributed by atoms with Crippen molar-refractivity contribution >= 4 is 17.6 Å². The number of anilines is 1. The summed E-state index contributed by atoms with van der Waals surface area (Å²) in [7, 11) is 0. The average molecular weight is 479 g/mol. The minimum Gasteiger partial charge on any atom is -0.491 e. The van der Waals surface area contributed by atoms with E-state index in [9.17, 15) is 36.5 Å². The first-order valence-corrected chi connectivity index (χ1v) is 9.15. The molecule has 1 heterocycles. The number of alkyl halides is 6. The van der Waals surface area contributed by atoms with E-state index in [-0.39, 0.29) is 12.4 Å². The second-order valence-electron chi connectivity index (χ2n) is 6.89. The maximum atomic E-state index is 13.5. The minimum atomic E-state index is -5.15. The van der Waals surface area contributed by atoms with Crippen LogP contribution in [0.15, 0.2) is 47.6 Å². The second kappa shape index (κ2) is 9.13. The van der Waals surface area contributed by atoms with Crippen LogP contribution in [0, 0.1) is 10.1 Å². The molecule has 0 amide bonds. The first-order valence-electron chi connectivity index (χ1n) is 9.15. The number of nitro groups is 1. The third kappa shape index (κ3) is 5.63. The molecule has 1 aliphatic heterocycles. The Balaban J connectivity index is 1.82. The molecule has 2 unspecified atom stereocenters. The number of halogens is 6. The van der Waals surface area contributed by atoms with E-state index < -0.39 is 53.1 Å². The molecule has 178 valence electrons. The summed E-state index contributed by atoms with van der Waals surface area (Å²) in [4.78, 5) is 10.2. The highest BCUT2D eigenvalue weighted by atomic mass is 19.4. The van der Waals surface area contributed by atoms with E-state index in [0.717, 1.165) is 12.3 Å². The van der Waals surface area contributed by atoms with Crippen molar-refractivity contribution in [1.29, 1.82) is 0 Å². The molecule has 2 aromatic rings. The number of benzene rings is 2. The molecule has 3 rings (SSSR count). The zero-order valence-corrected chi connectivity index (χ0v) is 16.4. The maximum absolute atomic E-state index is 13.5. The lowest BCUT2D eigenvalue weighted by atomic mass is 10.1. The molecule has 0 spiro atoms. The van der Waals surface area contributed by atoms with Crippen molar-refractivity contribution in [3.8, 4) is 5.75 Å². The van der Waals surface area contributed by atoms with Crippen LogP contribution in [0.1, 0.15) is 11.1 Å². The van der Waals surface area contributed by atoms with Crippen LogP contribution >= 0.6 is 0 Å². The van der Waals surface area contributed by atoms with E-state index >= 15 is 0 Å². The molecule has 0 aromatic heterocycles. The Bertz CT molecular complexity index is 1030. The van der Waals surface area contributed by atoms with Gasteiger partial charge in [-0.05, 0) is 42.0 Å². The quantitative estimate of drug-likeness (QED) is 0.214. The van der Waals surface area contributed by atoms with Gasteiger partial charge in [-0.15, -0.1) is 0 Å². The average Bonchev–Trinajstić information content (AvgIpc) is 3.17. The lowest BCUT2D eigenvalue weighted by molar-refractivity contribution is -0.388. The third-order valence-corrected chi connectivity index (χ3v) is 4.62. The zero-order valence-electron chi connectivity index (χ0n) is 16.4. The maximum Gasteiger partial charge on any atom is 0.433 e. The number of nitrogens with zero attached hydrogens (tertiary/aromatic N) is 3. The Kier molecular flexibility index (Phi) is 6.67. The Labute approximate surface area is 181 Å². The number of ether oxygens (including phenoxy) is 2. The Morgan fingerprint density at radius 3 is 2.39 bits per heavy atom. The van der Waals surface area contributed by atoms with E-state index in [1.54, 1.807) is 0 Å². The molecular weight excluding hydrogens is 464 g/mol. The summed E-state index contributed by atoms with van der Waals surface area (Å²) >= 11 is 0. The minimum absolute atomic E-state index is 0.269. The number of hydrogen-bond acceptors (Lipinski definition) is 7. The van der Waals surface area contributed by atoms with Crippen LogP contribution in [0.3, 0.4) is 0 Å². The van der Waals surface area contributed by atoms with Crippen molar-refractivity contribution in [1.82, 2.24) is 0 Å². The SMILES string of the molecule is O=[N+]([O-])c1ccc(N2CC(COc3ccc(C=NO)cc3)OC2C(F)(F)F)cc1C(F)(F)F. The Morgan fingerprint density at radius 2 is 1.85 bits per heavy atom. The van der Waals surface area contributed by atoms with Crippen LogP contribution in [-0.2, 0) is 10.9 Å². The van der Waals surface area contributed by atoms with Gasteiger partial charge in [-0.2, -0.15) is 26.3 Å². The number of rotatable bonds is 6. The van der Waals surface area contributed by atoms with Crippen molar-refractivity contribution in [2.24, 2.45) is 5.16 Å². The van der Waals surface area contributed by atoms with E-state index in [1.165, 1.54) is 24.3 Å². The van der Waals surface area contributed by atoms with Gasteiger partial charge in [0.05, 0.1) is 17.7 Å². The molecule has 0 aliphatic carbocycles. The fourth-order valence-electron chi connectivity index (χ4n) is 3.20. The van der Waals surface area contributed by atoms with Gasteiger partial charge in [0.2, 0.25) is 6.23 Å². The number of oxime groups is 1. The summed E-state index contributed by atoms with van der Waals surface area (Å²) in [5.41, 5.74) is -2.95. The van der Waals surface area contributed by atoms with Gasteiger partial charge in [-0.25, -0.2) is 0 Å². The van der Waals surface area contributed by atoms with Crippen molar-refractivity contribution < 1.29 is 45.9 Å². The molecule has 2 atom stereocenters. The molecule has 2 aromatic carbocycles. The van der Waals surface area contributed by atoms with Crippen LogP contribution in [-0.4, -0.2) is 48.0 Å². The summed E-state index contributed by atoms with van der Waals surface area (Å²) < 4.78 is 90.7. The van der Waals surface area contributed by atoms with E-state index in [4.69, 9.17) is 14.7 Å². The normalized spacial score (nSPS) is 19.3. The fraction of sp³-hybridized carbons (Fsp3) is 0.316. The van der Waals surface area contributed by atoms with Gasteiger partial charge in [0.1, 0.15) is 24.0 Å². The van der Waals surface area contributed by atoms with Gasteiger partial charge < -0.3 is 19.6 Å². The standard InChI is InChI=1S/C19H15F6N3O5/c20-18(21,22)15-7-12(3-6-16(15)28(30)31)27-9-14(33-17(27)19(23,24)25)10-32-13-4-1-11(2-5-13)8-26-29/h1-8,14,17,29H,9-10H2. The summed E-state index contributed by atoms with van der Waals surface area (Å²) in [6.07, 6.45) is -12.7. The monoisotopic (exact) mass is 479 g/mol. The molecule has 14 heteroatoms. The third-order valence-electron chi connectivity index (χ3n) is 4.62. The predicted octanol–water partition coefficient (Wildman–Crippen LogP) is 4.59. The van der Waals surface area contributed by atoms with Gasteiger partial charge in [0, 0.05) is 11.8 Å². The van der Waals surface area contributed by atoms with E-state index in [1.807, 2.05) is 0 Å². The summed E-state index contributed by atoms with van der Waals surface area (Å²) in [5.74, 6) is 0.269. The first-order chi connectivity index (χ1) is 15.4. The molecule has 1 aliphatic rings. The number of nitro benzene ring substituents is 1. The summed E-state index contributed by atoms with van der Waals surface area (Å²) in [6, 6.07) is 7.58. The second-order valence-corrected chi connectivity index (χ2v) is 6.89. The van der Waals surface area contributed by atoms with E-state index in [2.05, 4.69) is 5.16 Å². The molecule has 33 heavy (non-hydrogen) atoms. The highest BCUT2D eigenvalue weighted by molar-refractivity contribution is 5.79. The highest BCUT2D eigenvalue weighted by Crippen LogP contribution is 2.41. The summed E-state index contributed by atoms with van der Waals surface area (Å²) in [6.45, 7) is -0.829. The van der Waals surface area contributed by atoms with Crippen molar-refractivity contribution in [2.75, 3.05) is 18.1 Å². The van der Waals surface area contributed by atoms with Crippen LogP contribution in [0.4, 0.5) is 37.7 Å². The van der Waals surface area contributed by atoms with E-state index in [0.29, 0.717) is 22.6 Å². The molecule has 1 N–H and O–H groups in total. The first kappa shape index (κ1) is 24.1. The van der Waals surface area contributed by atoms with Crippen LogP contribution in [0.25, 0.3) is 0 Å². The van der Waals surface area contributed by atoms with Gasteiger partial charge in [0.15, 0.2) is 0 Å². The van der Waals surface area contributed by atoms with Gasteiger partial charge in [-0.1, -0.05) is 5.16 Å². The Hall–Kier alpha value is -3.55. The largest absolute Gasteiger partial charge is 0.491 e.